The predicted molar refractivity (Wildman–Crippen MR) is 131 cm³/mol. The van der Waals surface area contributed by atoms with Crippen molar-refractivity contribution in [3.8, 4) is 0 Å². The molecule has 0 radical (unpaired) electrons. The molecule has 9 heteroatoms. The van der Waals surface area contributed by atoms with E-state index in [4.69, 9.17) is 16.3 Å². The molecule has 1 spiro atoms. The van der Waals surface area contributed by atoms with Gasteiger partial charge in [0, 0.05) is 36.9 Å². The fourth-order valence-corrected chi connectivity index (χ4v) is 6.37. The highest BCUT2D eigenvalue weighted by Gasteiger charge is 2.74. The molecule has 35 heavy (non-hydrogen) atoms. The van der Waals surface area contributed by atoms with Crippen LogP contribution in [0.4, 0.5) is 5.69 Å². The first-order valence-electron chi connectivity index (χ1n) is 12.1. The van der Waals surface area contributed by atoms with Gasteiger partial charge in [0.1, 0.15) is 11.6 Å². The van der Waals surface area contributed by atoms with Gasteiger partial charge in [0.25, 0.3) is 5.91 Å². The van der Waals surface area contributed by atoms with Crippen LogP contribution in [0.2, 0.25) is 5.02 Å². The Morgan fingerprint density at radius 2 is 1.71 bits per heavy atom. The summed E-state index contributed by atoms with van der Waals surface area (Å²) in [6.45, 7) is 4.82. The molecule has 0 aromatic heterocycles. The zero-order valence-corrected chi connectivity index (χ0v) is 20.6. The van der Waals surface area contributed by atoms with Crippen molar-refractivity contribution in [1.29, 1.82) is 0 Å². The number of rotatable bonds is 5. The summed E-state index contributed by atoms with van der Waals surface area (Å²) in [5.41, 5.74) is -1.72. The number of ether oxygens (including phenoxy) is 1. The summed E-state index contributed by atoms with van der Waals surface area (Å²) in [5, 5.41) is 10.3. The molecule has 0 aliphatic carbocycles. The van der Waals surface area contributed by atoms with Gasteiger partial charge in [0.05, 0.1) is 24.0 Å². The maximum absolute atomic E-state index is 14.1. The minimum absolute atomic E-state index is 0.0225. The zero-order chi connectivity index (χ0) is 25.0. The second-order valence-electron chi connectivity index (χ2n) is 9.77. The second kappa shape index (κ2) is 8.76. The highest BCUT2D eigenvalue weighted by Crippen LogP contribution is 2.57. The molecule has 5 atom stereocenters. The van der Waals surface area contributed by atoms with Gasteiger partial charge >= 0.3 is 0 Å². The lowest BCUT2D eigenvalue weighted by Crippen LogP contribution is -2.56. The summed E-state index contributed by atoms with van der Waals surface area (Å²) in [5.74, 6) is -2.44. The van der Waals surface area contributed by atoms with E-state index < -0.39 is 29.1 Å². The first kappa shape index (κ1) is 24.0. The fourth-order valence-electron chi connectivity index (χ4n) is 6.24. The standard InChI is InChI=1S/C26H30ClN3O5/c1-3-12-28-13-4-10-25(2)19(22(28)32)20-23(33)30(15-16-31)21-24(34)29(14-5-11-26(20,21)35-25)18-8-6-17(27)7-9-18/h4-11,19-21,31H,3,12-16H2,1-2H3/t19-,20-,21?,25+,26-/m0/s1. The lowest BCUT2D eigenvalue weighted by Gasteiger charge is -2.37. The summed E-state index contributed by atoms with van der Waals surface area (Å²) in [6, 6.07) is 5.92. The average molecular weight is 500 g/mol. The third kappa shape index (κ3) is 3.53. The zero-order valence-electron chi connectivity index (χ0n) is 19.9. The quantitative estimate of drug-likeness (QED) is 0.626. The molecule has 4 heterocycles. The number of aliphatic hydroxyl groups is 1. The number of anilines is 1. The number of nitrogens with zero attached hydrogens (tertiary/aromatic N) is 3. The largest absolute Gasteiger partial charge is 0.395 e. The van der Waals surface area contributed by atoms with Crippen LogP contribution in [-0.2, 0) is 19.1 Å². The SMILES string of the molecule is CCCN1CC=C[C@@]2(C)O[C@]34C=CCN(c5ccc(Cl)cc5)C(=O)C3N(CCO)C(=O)[C@@H]4[C@H]2C1=O. The lowest BCUT2D eigenvalue weighted by atomic mass is 9.74. The fraction of sp³-hybridized carbons (Fsp3) is 0.500. The van der Waals surface area contributed by atoms with Crippen molar-refractivity contribution < 1.29 is 24.2 Å². The van der Waals surface area contributed by atoms with Crippen molar-refractivity contribution in [2.75, 3.05) is 37.7 Å². The van der Waals surface area contributed by atoms with Gasteiger partial charge in [0.15, 0.2) is 0 Å². The maximum Gasteiger partial charge on any atom is 0.253 e. The van der Waals surface area contributed by atoms with Crippen LogP contribution >= 0.6 is 11.6 Å². The number of amides is 3. The topological polar surface area (TPSA) is 90.4 Å². The first-order chi connectivity index (χ1) is 16.8. The summed E-state index contributed by atoms with van der Waals surface area (Å²) in [4.78, 5) is 46.5. The molecular weight excluding hydrogens is 470 g/mol. The number of benzene rings is 1. The van der Waals surface area contributed by atoms with Gasteiger partial charge < -0.3 is 24.5 Å². The Morgan fingerprint density at radius 1 is 1.00 bits per heavy atom. The third-order valence-corrected chi connectivity index (χ3v) is 7.87. The Morgan fingerprint density at radius 3 is 2.40 bits per heavy atom. The molecule has 186 valence electrons. The van der Waals surface area contributed by atoms with Crippen molar-refractivity contribution in [3.05, 3.63) is 53.6 Å². The molecule has 1 unspecified atom stereocenters. The predicted octanol–water partition coefficient (Wildman–Crippen LogP) is 2.01. The lowest BCUT2D eigenvalue weighted by molar-refractivity contribution is -0.148. The molecule has 5 rings (SSSR count). The second-order valence-corrected chi connectivity index (χ2v) is 10.2. The summed E-state index contributed by atoms with van der Waals surface area (Å²) in [6.07, 6.45) is 8.22. The van der Waals surface area contributed by atoms with Crippen molar-refractivity contribution in [3.63, 3.8) is 0 Å². The van der Waals surface area contributed by atoms with Crippen molar-refractivity contribution in [2.45, 2.75) is 37.5 Å². The molecule has 1 aromatic rings. The van der Waals surface area contributed by atoms with E-state index in [2.05, 4.69) is 0 Å². The first-order valence-corrected chi connectivity index (χ1v) is 12.5. The Labute approximate surface area is 209 Å². The summed E-state index contributed by atoms with van der Waals surface area (Å²) < 4.78 is 6.71. The Bertz CT molecular complexity index is 1100. The van der Waals surface area contributed by atoms with E-state index in [1.807, 2.05) is 32.1 Å². The number of β-amino-alcohol motifs (C(OH)–C–C–N with tert-alkyl or cyclic N) is 1. The molecule has 4 aliphatic heterocycles. The van der Waals surface area contributed by atoms with Gasteiger partial charge in [-0.05, 0) is 37.6 Å². The molecule has 2 fully saturated rings. The molecular formula is C26H30ClN3O5. The van der Waals surface area contributed by atoms with E-state index in [-0.39, 0.29) is 37.4 Å². The van der Waals surface area contributed by atoms with E-state index in [1.54, 1.807) is 40.1 Å². The Kier molecular flexibility index (Phi) is 6.02. The monoisotopic (exact) mass is 499 g/mol. The molecule has 1 N–H and O–H groups in total. The average Bonchev–Trinajstić information content (AvgIpc) is 3.09. The molecule has 0 bridgehead atoms. The van der Waals surface area contributed by atoms with Crippen LogP contribution in [0.1, 0.15) is 20.3 Å². The van der Waals surface area contributed by atoms with Crippen LogP contribution in [-0.4, -0.2) is 82.7 Å². The number of likely N-dealkylation sites (tertiary alicyclic amines) is 1. The number of carbonyl (C=O) groups excluding carboxylic acids is 3. The number of hydrogen-bond donors (Lipinski definition) is 1. The maximum atomic E-state index is 14.1. The van der Waals surface area contributed by atoms with Crippen molar-refractivity contribution in [2.24, 2.45) is 11.8 Å². The van der Waals surface area contributed by atoms with E-state index in [1.165, 1.54) is 4.90 Å². The molecule has 3 amide bonds. The number of carbonyl (C=O) groups is 3. The minimum atomic E-state index is -1.32. The van der Waals surface area contributed by atoms with Crippen LogP contribution < -0.4 is 4.90 Å². The van der Waals surface area contributed by atoms with Gasteiger partial charge in [0.2, 0.25) is 11.8 Å². The van der Waals surface area contributed by atoms with Crippen LogP contribution in [0.15, 0.2) is 48.6 Å². The minimum Gasteiger partial charge on any atom is -0.395 e. The van der Waals surface area contributed by atoms with Gasteiger partial charge in [-0.25, -0.2) is 0 Å². The van der Waals surface area contributed by atoms with E-state index in [9.17, 15) is 19.5 Å². The number of aliphatic hydroxyl groups excluding tert-OH is 1. The smallest absolute Gasteiger partial charge is 0.253 e. The van der Waals surface area contributed by atoms with Gasteiger partial charge in [-0.15, -0.1) is 0 Å². The van der Waals surface area contributed by atoms with Crippen molar-refractivity contribution >= 4 is 35.0 Å². The Balaban J connectivity index is 1.62. The van der Waals surface area contributed by atoms with Crippen LogP contribution in [0.3, 0.4) is 0 Å². The summed E-state index contributed by atoms with van der Waals surface area (Å²) >= 11 is 6.05. The van der Waals surface area contributed by atoms with E-state index >= 15 is 0 Å². The van der Waals surface area contributed by atoms with Gasteiger partial charge in [-0.2, -0.15) is 0 Å². The highest BCUT2D eigenvalue weighted by atomic mass is 35.5. The summed E-state index contributed by atoms with van der Waals surface area (Å²) in [7, 11) is 0. The molecule has 1 aromatic carbocycles. The van der Waals surface area contributed by atoms with Crippen LogP contribution in [0.25, 0.3) is 0 Å². The number of halogens is 1. The number of fused-ring (bicyclic) bond motifs is 2. The van der Waals surface area contributed by atoms with Gasteiger partial charge in [-0.1, -0.05) is 42.8 Å². The number of hydrogen-bond acceptors (Lipinski definition) is 5. The van der Waals surface area contributed by atoms with Crippen LogP contribution in [0, 0.1) is 11.8 Å². The highest BCUT2D eigenvalue weighted by molar-refractivity contribution is 6.30. The third-order valence-electron chi connectivity index (χ3n) is 7.61. The molecule has 2 saturated heterocycles. The molecule has 8 nitrogen and oxygen atoms in total. The normalized spacial score (nSPS) is 34.1. The van der Waals surface area contributed by atoms with Gasteiger partial charge in [-0.3, -0.25) is 14.4 Å². The molecule has 0 saturated carbocycles. The Hall–Kier alpha value is -2.68. The van der Waals surface area contributed by atoms with E-state index in [0.29, 0.717) is 23.8 Å². The van der Waals surface area contributed by atoms with Crippen LogP contribution in [0.5, 0.6) is 0 Å². The molecule has 4 aliphatic rings. The van der Waals surface area contributed by atoms with E-state index in [0.717, 1.165) is 6.42 Å². The van der Waals surface area contributed by atoms with Crippen molar-refractivity contribution in [1.82, 2.24) is 9.80 Å².